The van der Waals surface area contributed by atoms with Crippen LogP contribution < -0.4 is 0 Å². The van der Waals surface area contributed by atoms with Crippen molar-refractivity contribution in [3.63, 3.8) is 0 Å². The van der Waals surface area contributed by atoms with Gasteiger partial charge in [0.15, 0.2) is 23.6 Å². The van der Waals surface area contributed by atoms with Gasteiger partial charge in [-0.15, -0.1) is 22.0 Å². The Morgan fingerprint density at radius 3 is 2.42 bits per heavy atom. The number of ether oxygens (including phenoxy) is 5. The number of hydrogen-bond donors (Lipinski definition) is 1. The number of aliphatic hydroxyl groups is 1. The molecule has 1 aromatic carbocycles. The Kier molecular flexibility index (Phi) is 11.2. The smallest absolute Gasteiger partial charge is 0.303 e. The molecule has 20 heteroatoms. The van der Waals surface area contributed by atoms with Crippen LogP contribution in [-0.2, 0) is 33.3 Å². The third-order valence-electron chi connectivity index (χ3n) is 8.37. The fraction of sp³-hybridized carbons (Fsp3) is 0.438. The lowest BCUT2D eigenvalue weighted by Gasteiger charge is -2.46. The zero-order valence-electron chi connectivity index (χ0n) is 27.7. The monoisotopic (exact) mass is 744 g/mol. The molecule has 6 rings (SSSR count). The van der Waals surface area contributed by atoms with Crippen LogP contribution in [0.2, 0.25) is 0 Å². The summed E-state index contributed by atoms with van der Waals surface area (Å²) in [5, 5.41) is 36.7. The van der Waals surface area contributed by atoms with Gasteiger partial charge in [-0.25, -0.2) is 27.5 Å². The second kappa shape index (κ2) is 15.7. The number of halogens is 3. The molecule has 0 bridgehead atoms. The van der Waals surface area contributed by atoms with Crippen molar-refractivity contribution in [2.45, 2.75) is 61.0 Å². The molecule has 3 aromatic heterocycles. The minimum Gasteiger partial charge on any atom is -0.463 e. The summed E-state index contributed by atoms with van der Waals surface area (Å²) in [6.45, 7) is 2.17. The van der Waals surface area contributed by atoms with Crippen molar-refractivity contribution in [1.82, 2.24) is 35.0 Å². The highest BCUT2D eigenvalue weighted by atomic mass is 32.2. The molecule has 2 fully saturated rings. The molecule has 16 nitrogen and oxygen atoms in total. The van der Waals surface area contributed by atoms with Crippen molar-refractivity contribution in [3.8, 4) is 28.7 Å². The fourth-order valence-electron chi connectivity index (χ4n) is 5.96. The quantitative estimate of drug-likeness (QED) is 0.183. The van der Waals surface area contributed by atoms with E-state index in [-0.39, 0.29) is 36.8 Å². The first-order chi connectivity index (χ1) is 25.0. The average molecular weight is 745 g/mol. The zero-order valence-corrected chi connectivity index (χ0v) is 28.5. The SMILES string of the molecule is COC1C(SC2COCC(n3cc(-c4cccc(C#N)n4)nn3)C2O)OC(COC(C)=O)C(OC(C)=O)C1n1cc(-c2cc(F)c(F)c(F)c2)nn1. The second-order valence-corrected chi connectivity index (χ2v) is 13.2. The molecule has 0 saturated carbocycles. The Morgan fingerprint density at radius 2 is 1.73 bits per heavy atom. The number of hydrogen-bond acceptors (Lipinski definition) is 15. The van der Waals surface area contributed by atoms with Crippen molar-refractivity contribution >= 4 is 23.7 Å². The fourth-order valence-corrected chi connectivity index (χ4v) is 7.45. The lowest BCUT2D eigenvalue weighted by molar-refractivity contribution is -0.208. The molecule has 8 unspecified atom stereocenters. The standard InChI is InChI=1S/C32H31F3N8O8S/c1-15(44)49-13-25-30(50-16(2)45)28(43-10-22(38-41-43)17-7-19(33)27(35)20(34)8-17)31(47-3)32(51-25)52-26-14-48-12-24(29(26)46)42-11-23(39-40-42)21-6-4-5-18(9-36)37-21/h4-8,10-11,24-26,28-32,46H,12-14H2,1-3H3. The van der Waals surface area contributed by atoms with Gasteiger partial charge in [0, 0.05) is 26.5 Å². The molecule has 274 valence electrons. The Morgan fingerprint density at radius 1 is 1.02 bits per heavy atom. The highest BCUT2D eigenvalue weighted by molar-refractivity contribution is 8.00. The van der Waals surface area contributed by atoms with Crippen LogP contribution in [0, 0.1) is 28.8 Å². The summed E-state index contributed by atoms with van der Waals surface area (Å²) in [7, 11) is 1.37. The highest BCUT2D eigenvalue weighted by Crippen LogP contribution is 2.42. The number of nitriles is 1. The molecule has 0 aliphatic carbocycles. The number of thioether (sulfide) groups is 1. The van der Waals surface area contributed by atoms with Crippen LogP contribution in [0.5, 0.6) is 0 Å². The molecule has 2 saturated heterocycles. The molecule has 0 spiro atoms. The van der Waals surface area contributed by atoms with E-state index in [1.165, 1.54) is 36.5 Å². The molecule has 0 radical (unpaired) electrons. The molecule has 8 atom stereocenters. The van der Waals surface area contributed by atoms with Crippen LogP contribution in [0.1, 0.15) is 31.6 Å². The van der Waals surface area contributed by atoms with E-state index < -0.39 is 76.6 Å². The number of pyridine rings is 1. The first-order valence-corrected chi connectivity index (χ1v) is 16.7. The zero-order chi connectivity index (χ0) is 37.1. The third-order valence-corrected chi connectivity index (χ3v) is 9.78. The van der Waals surface area contributed by atoms with E-state index in [2.05, 4.69) is 25.6 Å². The van der Waals surface area contributed by atoms with Gasteiger partial charge < -0.3 is 28.8 Å². The van der Waals surface area contributed by atoms with Gasteiger partial charge in [0.2, 0.25) is 0 Å². The number of methoxy groups -OCH3 is 1. The number of carbonyl (C=O) groups excluding carboxylic acids is 2. The molecule has 0 amide bonds. The lowest BCUT2D eigenvalue weighted by atomic mass is 9.96. The average Bonchev–Trinajstić information content (AvgIpc) is 3.82. The summed E-state index contributed by atoms with van der Waals surface area (Å²) >= 11 is 1.14. The van der Waals surface area contributed by atoms with Gasteiger partial charge in [-0.3, -0.25) is 9.59 Å². The summed E-state index contributed by atoms with van der Waals surface area (Å²) in [6.07, 6.45) is -1.47. The predicted molar refractivity (Wildman–Crippen MR) is 171 cm³/mol. The highest BCUT2D eigenvalue weighted by Gasteiger charge is 2.52. The Bertz CT molecular complexity index is 1950. The van der Waals surface area contributed by atoms with Gasteiger partial charge >= 0.3 is 11.9 Å². The molecule has 4 aromatic rings. The van der Waals surface area contributed by atoms with Gasteiger partial charge in [-0.2, -0.15) is 5.26 Å². The molecule has 5 heterocycles. The number of nitrogens with zero attached hydrogens (tertiary/aromatic N) is 8. The molecule has 2 aliphatic rings. The molecular weight excluding hydrogens is 713 g/mol. The molecule has 2 aliphatic heterocycles. The van der Waals surface area contributed by atoms with Crippen molar-refractivity contribution in [1.29, 1.82) is 5.26 Å². The van der Waals surface area contributed by atoms with Crippen molar-refractivity contribution in [2.24, 2.45) is 0 Å². The Balaban J connectivity index is 1.30. The first kappa shape index (κ1) is 36.8. The summed E-state index contributed by atoms with van der Waals surface area (Å²) in [4.78, 5) is 28.5. The Hall–Kier alpha value is -4.94. The van der Waals surface area contributed by atoms with Crippen LogP contribution in [-0.4, -0.2) is 114 Å². The second-order valence-electron chi connectivity index (χ2n) is 11.8. The molecule has 1 N–H and O–H groups in total. The van der Waals surface area contributed by atoms with Crippen LogP contribution in [0.3, 0.4) is 0 Å². The Labute approximate surface area is 297 Å². The minimum atomic E-state index is -1.65. The normalized spacial score (nSPS) is 26.0. The summed E-state index contributed by atoms with van der Waals surface area (Å²) in [5.41, 5.74) is -0.122. The number of rotatable bonds is 10. The van der Waals surface area contributed by atoms with E-state index in [4.69, 9.17) is 23.7 Å². The summed E-state index contributed by atoms with van der Waals surface area (Å²) in [5.74, 6) is -5.86. The topological polar surface area (TPSA) is 199 Å². The van der Waals surface area contributed by atoms with E-state index in [9.17, 15) is 33.1 Å². The number of aliphatic hydroxyl groups excluding tert-OH is 1. The summed E-state index contributed by atoms with van der Waals surface area (Å²) in [6, 6.07) is 6.65. The molecule has 52 heavy (non-hydrogen) atoms. The van der Waals surface area contributed by atoms with E-state index in [1.54, 1.807) is 24.4 Å². The van der Waals surface area contributed by atoms with Gasteiger partial charge in [0.05, 0.1) is 42.7 Å². The van der Waals surface area contributed by atoms with Gasteiger partial charge in [-0.1, -0.05) is 16.5 Å². The summed E-state index contributed by atoms with van der Waals surface area (Å²) < 4.78 is 73.7. The maximum absolute atomic E-state index is 14.1. The third kappa shape index (κ3) is 7.78. The minimum absolute atomic E-state index is 0.0397. The number of aromatic nitrogens is 7. The van der Waals surface area contributed by atoms with Gasteiger partial charge in [0.1, 0.15) is 59.5 Å². The van der Waals surface area contributed by atoms with Crippen molar-refractivity contribution in [3.05, 3.63) is 65.9 Å². The maximum atomic E-state index is 14.1. The number of esters is 2. The maximum Gasteiger partial charge on any atom is 0.303 e. The largest absolute Gasteiger partial charge is 0.463 e. The van der Waals surface area contributed by atoms with Crippen LogP contribution in [0.25, 0.3) is 22.6 Å². The van der Waals surface area contributed by atoms with Crippen LogP contribution in [0.4, 0.5) is 13.2 Å². The van der Waals surface area contributed by atoms with Crippen molar-refractivity contribution < 1.29 is 51.6 Å². The number of carbonyl (C=O) groups is 2. The predicted octanol–water partition coefficient (Wildman–Crippen LogP) is 2.40. The van der Waals surface area contributed by atoms with E-state index >= 15 is 0 Å². The molecular formula is C32H31F3N8O8S. The van der Waals surface area contributed by atoms with Gasteiger partial charge in [-0.05, 0) is 24.3 Å². The van der Waals surface area contributed by atoms with Crippen molar-refractivity contribution in [2.75, 3.05) is 26.9 Å². The van der Waals surface area contributed by atoms with Gasteiger partial charge in [0.25, 0.3) is 0 Å². The lowest BCUT2D eigenvalue weighted by Crippen LogP contribution is -2.58. The number of benzene rings is 1. The first-order valence-electron chi connectivity index (χ1n) is 15.7. The van der Waals surface area contributed by atoms with E-state index in [0.717, 1.165) is 23.9 Å². The van der Waals surface area contributed by atoms with Crippen LogP contribution >= 0.6 is 11.8 Å². The van der Waals surface area contributed by atoms with E-state index in [0.29, 0.717) is 11.4 Å². The van der Waals surface area contributed by atoms with Crippen LogP contribution in [0.15, 0.2) is 42.7 Å². The van der Waals surface area contributed by atoms with E-state index in [1.807, 2.05) is 6.07 Å².